The summed E-state index contributed by atoms with van der Waals surface area (Å²) in [5.41, 5.74) is -0.296. The summed E-state index contributed by atoms with van der Waals surface area (Å²) < 4.78 is 0. The molecule has 3 nitrogen and oxygen atoms in total. The predicted octanol–water partition coefficient (Wildman–Crippen LogP) is 2.66. The van der Waals surface area contributed by atoms with Gasteiger partial charge in [-0.2, -0.15) is 0 Å². The van der Waals surface area contributed by atoms with Crippen LogP contribution in [0, 0.1) is 28.1 Å². The molecule has 0 spiro atoms. The highest BCUT2D eigenvalue weighted by Gasteiger charge is 2.77. The van der Waals surface area contributed by atoms with Crippen molar-refractivity contribution in [3.63, 3.8) is 0 Å². The van der Waals surface area contributed by atoms with Gasteiger partial charge >= 0.3 is 5.97 Å². The number of carboxylic acid groups (broad SMARTS) is 1. The number of fused-ring (bicyclic) bond motifs is 3. The van der Waals surface area contributed by atoms with Crippen molar-refractivity contribution in [2.75, 3.05) is 0 Å². The van der Waals surface area contributed by atoms with Gasteiger partial charge in [-0.1, -0.05) is 26.8 Å². The van der Waals surface area contributed by atoms with Gasteiger partial charge in [0, 0.05) is 5.57 Å². The normalized spacial score (nSPS) is 47.8. The molecule has 1 N–H and O–H groups in total. The number of allylic oxidation sites excluding steroid dienone is 1. The number of rotatable bonds is 2. The van der Waals surface area contributed by atoms with E-state index in [1.165, 1.54) is 0 Å². The van der Waals surface area contributed by atoms with E-state index in [1.807, 2.05) is 6.08 Å². The topological polar surface area (TPSA) is 54.4 Å². The van der Waals surface area contributed by atoms with Gasteiger partial charge in [0.15, 0.2) is 0 Å². The molecular formula is C15H20O3. The number of carbonyl (C=O) groups excluding carboxylic acids is 1. The van der Waals surface area contributed by atoms with Gasteiger partial charge in [0.05, 0.1) is 0 Å². The fourth-order valence-electron chi connectivity index (χ4n) is 4.83. The van der Waals surface area contributed by atoms with Crippen LogP contribution in [0.25, 0.3) is 0 Å². The van der Waals surface area contributed by atoms with E-state index >= 15 is 0 Å². The second-order valence-electron chi connectivity index (χ2n) is 7.39. The third-order valence-corrected chi connectivity index (χ3v) is 5.76. The molecule has 3 aliphatic rings. The Bertz CT molecular complexity index is 476. The van der Waals surface area contributed by atoms with Gasteiger partial charge in [0.2, 0.25) is 0 Å². The molecule has 0 radical (unpaired) electrons. The molecule has 2 fully saturated rings. The molecular weight excluding hydrogens is 228 g/mol. The third kappa shape index (κ3) is 1.15. The van der Waals surface area contributed by atoms with E-state index in [4.69, 9.17) is 0 Å². The molecule has 3 rings (SSSR count). The largest absolute Gasteiger partial charge is 0.481 e. The lowest BCUT2D eigenvalue weighted by molar-refractivity contribution is -0.144. The van der Waals surface area contributed by atoms with Crippen molar-refractivity contribution < 1.29 is 14.7 Å². The molecule has 0 bridgehead atoms. The Hall–Kier alpha value is -1.12. The van der Waals surface area contributed by atoms with Crippen molar-refractivity contribution in [2.24, 2.45) is 28.1 Å². The number of carbonyl (C=O) groups is 2. The van der Waals surface area contributed by atoms with E-state index in [2.05, 4.69) is 20.8 Å². The molecule has 0 heterocycles. The number of aliphatic carboxylic acids is 1. The molecule has 3 heteroatoms. The lowest BCUT2D eigenvalue weighted by Gasteiger charge is -2.33. The molecule has 3 aliphatic carbocycles. The zero-order valence-corrected chi connectivity index (χ0v) is 11.2. The zero-order chi connectivity index (χ0) is 13.3. The maximum Gasteiger partial charge on any atom is 0.314 e. The minimum absolute atomic E-state index is 0.206. The Balaban J connectivity index is 2.09. The van der Waals surface area contributed by atoms with Gasteiger partial charge < -0.3 is 5.11 Å². The standard InChI is InChI=1S/C15H20O3/c1-13(2)5-9-4-10(7-16)15(12(17)18)8-14(15,3)11(9)6-13/h4,7,9,11H,5-6,8H2,1-3H3,(H,17,18)/t9-,11+,14-,15+/m1/s1. The summed E-state index contributed by atoms with van der Waals surface area (Å²) in [4.78, 5) is 22.9. The monoisotopic (exact) mass is 248 g/mol. The highest BCUT2D eigenvalue weighted by molar-refractivity contribution is 5.94. The molecule has 0 saturated heterocycles. The van der Waals surface area contributed by atoms with Crippen molar-refractivity contribution in [1.29, 1.82) is 0 Å². The van der Waals surface area contributed by atoms with E-state index in [-0.39, 0.29) is 10.8 Å². The van der Waals surface area contributed by atoms with Crippen LogP contribution in [-0.4, -0.2) is 17.4 Å². The number of hydrogen-bond donors (Lipinski definition) is 1. The molecule has 4 atom stereocenters. The first-order valence-corrected chi connectivity index (χ1v) is 6.68. The van der Waals surface area contributed by atoms with Crippen LogP contribution in [0.15, 0.2) is 11.6 Å². The average Bonchev–Trinajstić information content (AvgIpc) is 2.79. The molecule has 0 aromatic heterocycles. The first-order chi connectivity index (χ1) is 8.27. The van der Waals surface area contributed by atoms with Gasteiger partial charge in [-0.3, -0.25) is 9.59 Å². The van der Waals surface area contributed by atoms with Crippen molar-refractivity contribution in [3.8, 4) is 0 Å². The fraction of sp³-hybridized carbons (Fsp3) is 0.733. The minimum atomic E-state index is -0.879. The maximum absolute atomic E-state index is 11.6. The molecule has 0 aromatic carbocycles. The first kappa shape index (κ1) is 11.9. The SMILES string of the molecule is CC1(C)C[C@H]2C=C(C=O)[C@]3(C(=O)O)C[C@]3(C)[C@H]2C1. The number of aldehydes is 1. The van der Waals surface area contributed by atoms with Gasteiger partial charge in [-0.05, 0) is 41.9 Å². The molecule has 0 aliphatic heterocycles. The van der Waals surface area contributed by atoms with Gasteiger partial charge in [-0.25, -0.2) is 0 Å². The first-order valence-electron chi connectivity index (χ1n) is 6.68. The Morgan fingerprint density at radius 1 is 1.39 bits per heavy atom. The van der Waals surface area contributed by atoms with Gasteiger partial charge in [0.25, 0.3) is 0 Å². The second kappa shape index (κ2) is 3.06. The maximum atomic E-state index is 11.6. The van der Waals surface area contributed by atoms with Gasteiger partial charge in [-0.15, -0.1) is 0 Å². The average molecular weight is 248 g/mol. The Morgan fingerprint density at radius 3 is 2.61 bits per heavy atom. The third-order valence-electron chi connectivity index (χ3n) is 5.76. The molecule has 0 amide bonds. The highest BCUT2D eigenvalue weighted by atomic mass is 16.4. The lowest BCUT2D eigenvalue weighted by Crippen LogP contribution is -2.35. The number of carboxylic acids is 1. The van der Waals surface area contributed by atoms with Crippen LogP contribution in [0.4, 0.5) is 0 Å². The van der Waals surface area contributed by atoms with E-state index in [0.29, 0.717) is 23.8 Å². The zero-order valence-electron chi connectivity index (χ0n) is 11.2. The van der Waals surface area contributed by atoms with Crippen LogP contribution < -0.4 is 0 Å². The Morgan fingerprint density at radius 2 is 2.06 bits per heavy atom. The predicted molar refractivity (Wildman–Crippen MR) is 66.9 cm³/mol. The summed E-state index contributed by atoms with van der Waals surface area (Å²) in [6.07, 6.45) is 5.53. The van der Waals surface area contributed by atoms with Crippen LogP contribution in [0.1, 0.15) is 40.0 Å². The van der Waals surface area contributed by atoms with Crippen LogP contribution in [0.5, 0.6) is 0 Å². The van der Waals surface area contributed by atoms with E-state index in [9.17, 15) is 14.7 Å². The summed E-state index contributed by atoms with van der Waals surface area (Å²) in [5, 5.41) is 9.56. The van der Waals surface area contributed by atoms with Crippen molar-refractivity contribution in [3.05, 3.63) is 11.6 Å². The lowest BCUT2D eigenvalue weighted by atomic mass is 9.69. The van der Waals surface area contributed by atoms with Crippen molar-refractivity contribution >= 4 is 12.3 Å². The molecule has 0 unspecified atom stereocenters. The summed E-state index contributed by atoms with van der Waals surface area (Å²) in [6, 6.07) is 0. The second-order valence-corrected chi connectivity index (χ2v) is 7.39. The molecule has 2 saturated carbocycles. The molecule has 18 heavy (non-hydrogen) atoms. The van der Waals surface area contributed by atoms with E-state index < -0.39 is 11.4 Å². The highest BCUT2D eigenvalue weighted by Crippen LogP contribution is 2.77. The van der Waals surface area contributed by atoms with Gasteiger partial charge in [0.1, 0.15) is 11.7 Å². The van der Waals surface area contributed by atoms with Crippen LogP contribution >= 0.6 is 0 Å². The van der Waals surface area contributed by atoms with Crippen LogP contribution in [-0.2, 0) is 9.59 Å². The van der Waals surface area contributed by atoms with Crippen LogP contribution in [0.3, 0.4) is 0 Å². The minimum Gasteiger partial charge on any atom is -0.481 e. The molecule has 98 valence electrons. The summed E-state index contributed by atoms with van der Waals surface area (Å²) in [6.45, 7) is 6.55. The quantitative estimate of drug-likeness (QED) is 0.764. The number of hydrogen-bond acceptors (Lipinski definition) is 2. The smallest absolute Gasteiger partial charge is 0.314 e. The van der Waals surface area contributed by atoms with Crippen molar-refractivity contribution in [2.45, 2.75) is 40.0 Å². The Kier molecular flexibility index (Phi) is 2.03. The fourth-order valence-corrected chi connectivity index (χ4v) is 4.83. The van der Waals surface area contributed by atoms with Crippen molar-refractivity contribution in [1.82, 2.24) is 0 Å². The Labute approximate surface area is 107 Å². The summed E-state index contributed by atoms with van der Waals surface area (Å²) in [7, 11) is 0. The summed E-state index contributed by atoms with van der Waals surface area (Å²) >= 11 is 0. The van der Waals surface area contributed by atoms with E-state index in [1.54, 1.807) is 0 Å². The summed E-state index contributed by atoms with van der Waals surface area (Å²) in [5.74, 6) is -0.000943. The molecule has 0 aromatic rings. The van der Waals surface area contributed by atoms with Crippen LogP contribution in [0.2, 0.25) is 0 Å². The van der Waals surface area contributed by atoms with E-state index in [0.717, 1.165) is 19.1 Å².